The maximum Gasteiger partial charge on any atom is 0.343 e. The lowest BCUT2D eigenvalue weighted by Gasteiger charge is -2.23. The molecule has 2 aliphatic rings. The fourth-order valence-corrected chi connectivity index (χ4v) is 4.57. The Morgan fingerprint density at radius 1 is 1.33 bits per heavy atom. The van der Waals surface area contributed by atoms with Crippen molar-refractivity contribution >= 4 is 49.4 Å². The number of carbonyl (C=O) groups is 2. The second-order valence-corrected chi connectivity index (χ2v) is 10.9. The van der Waals surface area contributed by atoms with Crippen molar-refractivity contribution in [3.63, 3.8) is 0 Å². The molecule has 1 aliphatic heterocycles. The van der Waals surface area contributed by atoms with Crippen LogP contribution in [0.1, 0.15) is 42.6 Å². The van der Waals surface area contributed by atoms with Gasteiger partial charge in [-0.2, -0.15) is 0 Å². The maximum atomic E-state index is 12.3. The number of amides is 1. The van der Waals surface area contributed by atoms with E-state index in [-0.39, 0.29) is 20.6 Å². The monoisotopic (exact) mass is 459 g/mol. The zero-order chi connectivity index (χ0) is 17.9. The predicted octanol–water partition coefficient (Wildman–Crippen LogP) is 4.05. The third kappa shape index (κ3) is 2.75. The first kappa shape index (κ1) is 17.7. The number of alkyl halides is 2. The molecule has 0 saturated heterocycles. The van der Waals surface area contributed by atoms with Crippen LogP contribution < -0.4 is 10.1 Å². The zero-order valence-electron chi connectivity index (χ0n) is 13.9. The van der Waals surface area contributed by atoms with Gasteiger partial charge in [-0.1, -0.05) is 58.7 Å². The van der Waals surface area contributed by atoms with Gasteiger partial charge in [-0.25, -0.2) is 4.79 Å². The third-order valence-electron chi connectivity index (χ3n) is 4.45. The highest BCUT2D eigenvalue weighted by Crippen LogP contribution is 2.70. The number of fused-ring (bicyclic) bond motifs is 3. The van der Waals surface area contributed by atoms with E-state index in [1.54, 1.807) is 6.07 Å². The van der Waals surface area contributed by atoms with Crippen molar-refractivity contribution in [1.82, 2.24) is 0 Å². The van der Waals surface area contributed by atoms with Gasteiger partial charge in [-0.15, -0.1) is 0 Å². The minimum absolute atomic E-state index is 0.178. The van der Waals surface area contributed by atoms with E-state index < -0.39 is 11.4 Å². The van der Waals surface area contributed by atoms with Crippen LogP contribution in [0.5, 0.6) is 5.75 Å². The summed E-state index contributed by atoms with van der Waals surface area (Å²) < 4.78 is 10.6. The number of hydrogen-bond donors (Lipinski definition) is 1. The van der Waals surface area contributed by atoms with E-state index in [4.69, 9.17) is 9.47 Å². The molecule has 2 atom stereocenters. The molecule has 1 aliphatic carbocycles. The van der Waals surface area contributed by atoms with Gasteiger partial charge in [-0.3, -0.25) is 4.79 Å². The summed E-state index contributed by atoms with van der Waals surface area (Å²) >= 11 is 7.33. The fraction of sp³-hybridized carbons (Fsp3) is 0.529. The Labute approximate surface area is 157 Å². The fourth-order valence-electron chi connectivity index (χ4n) is 2.91. The van der Waals surface area contributed by atoms with Gasteiger partial charge < -0.3 is 14.8 Å². The number of anilines is 1. The van der Waals surface area contributed by atoms with Gasteiger partial charge in [-0.05, 0) is 6.07 Å². The summed E-state index contributed by atoms with van der Waals surface area (Å²) in [6.45, 7) is 5.93. The highest BCUT2D eigenvalue weighted by molar-refractivity contribution is 9.25. The average Bonchev–Trinajstić information content (AvgIpc) is 3.07. The predicted molar refractivity (Wildman–Crippen MR) is 98.2 cm³/mol. The second-order valence-electron chi connectivity index (χ2n) is 7.17. The van der Waals surface area contributed by atoms with Crippen LogP contribution in [-0.4, -0.2) is 28.8 Å². The summed E-state index contributed by atoms with van der Waals surface area (Å²) in [6, 6.07) is 3.65. The number of esters is 1. The molecule has 3 rings (SSSR count). The molecule has 24 heavy (non-hydrogen) atoms. The molecule has 1 saturated carbocycles. The van der Waals surface area contributed by atoms with E-state index in [1.807, 2.05) is 26.8 Å². The largest absolute Gasteiger partial charge is 0.492 e. The van der Waals surface area contributed by atoms with Crippen LogP contribution in [0.15, 0.2) is 12.1 Å². The van der Waals surface area contributed by atoms with E-state index in [2.05, 4.69) is 37.2 Å². The van der Waals surface area contributed by atoms with E-state index in [9.17, 15) is 9.59 Å². The Bertz CT molecular complexity index is 724. The standard InChI is InChI=1S/C17H19Br2NO4/c1-16(2,3)15(22)20-10-6-5-8-12-9(17(12,18)19)7-24-13(8)11(10)14(21)23-4/h5-6,9,12H,7H2,1-4H3,(H,20,22). The van der Waals surface area contributed by atoms with Crippen molar-refractivity contribution in [2.45, 2.75) is 29.9 Å². The Morgan fingerprint density at radius 3 is 2.58 bits per heavy atom. The number of ether oxygens (including phenoxy) is 2. The Balaban J connectivity index is 2.06. The van der Waals surface area contributed by atoms with Crippen molar-refractivity contribution in [2.75, 3.05) is 19.0 Å². The highest BCUT2D eigenvalue weighted by atomic mass is 79.9. The summed E-state index contributed by atoms with van der Waals surface area (Å²) in [5.74, 6) is 0.325. The molecule has 1 heterocycles. The highest BCUT2D eigenvalue weighted by Gasteiger charge is 2.65. The number of halogens is 2. The molecular formula is C17H19Br2NO4. The summed E-state index contributed by atoms with van der Waals surface area (Å²) in [5.41, 5.74) is 1.05. The zero-order valence-corrected chi connectivity index (χ0v) is 17.1. The number of rotatable bonds is 2. The van der Waals surface area contributed by atoms with Crippen molar-refractivity contribution in [3.8, 4) is 5.75 Å². The molecule has 1 aromatic carbocycles. The van der Waals surface area contributed by atoms with Crippen LogP contribution >= 0.6 is 31.9 Å². The molecule has 0 bridgehead atoms. The van der Waals surface area contributed by atoms with Crippen LogP contribution in [0.3, 0.4) is 0 Å². The summed E-state index contributed by atoms with van der Waals surface area (Å²) in [4.78, 5) is 24.7. The smallest absolute Gasteiger partial charge is 0.343 e. The lowest BCUT2D eigenvalue weighted by atomic mass is 9.94. The van der Waals surface area contributed by atoms with Crippen LogP contribution in [0.25, 0.3) is 0 Å². The van der Waals surface area contributed by atoms with Crippen molar-refractivity contribution < 1.29 is 19.1 Å². The normalized spacial score (nSPS) is 23.4. The van der Waals surface area contributed by atoms with Gasteiger partial charge in [0.15, 0.2) is 0 Å². The van der Waals surface area contributed by atoms with Crippen LogP contribution in [0.4, 0.5) is 5.69 Å². The first-order valence-corrected chi connectivity index (χ1v) is 9.25. The van der Waals surface area contributed by atoms with Crippen molar-refractivity contribution in [3.05, 3.63) is 23.3 Å². The molecule has 1 N–H and O–H groups in total. The maximum absolute atomic E-state index is 12.3. The molecule has 1 aromatic rings. The van der Waals surface area contributed by atoms with Crippen LogP contribution in [0, 0.1) is 11.3 Å². The number of methoxy groups -OCH3 is 1. The molecule has 2 unspecified atom stereocenters. The van der Waals surface area contributed by atoms with E-state index in [0.29, 0.717) is 24.0 Å². The number of nitrogens with one attached hydrogen (secondary N) is 1. The average molecular weight is 461 g/mol. The van der Waals surface area contributed by atoms with Gasteiger partial charge in [0, 0.05) is 22.8 Å². The molecule has 1 fully saturated rings. The second kappa shape index (κ2) is 5.73. The lowest BCUT2D eigenvalue weighted by molar-refractivity contribution is -0.123. The molecule has 0 aromatic heterocycles. The quantitative estimate of drug-likeness (QED) is 0.534. The first-order valence-electron chi connectivity index (χ1n) is 7.66. The molecule has 0 spiro atoms. The molecule has 1 amide bonds. The minimum Gasteiger partial charge on any atom is -0.492 e. The van der Waals surface area contributed by atoms with Gasteiger partial charge in [0.05, 0.1) is 22.6 Å². The van der Waals surface area contributed by atoms with Crippen molar-refractivity contribution in [2.24, 2.45) is 11.3 Å². The first-order chi connectivity index (χ1) is 11.1. The molecule has 7 heteroatoms. The number of carbonyl (C=O) groups excluding carboxylic acids is 2. The Hall–Kier alpha value is -1.08. The summed E-state index contributed by atoms with van der Waals surface area (Å²) in [5, 5.41) is 2.82. The number of benzene rings is 1. The number of hydrogen-bond acceptors (Lipinski definition) is 4. The van der Waals surface area contributed by atoms with Gasteiger partial charge >= 0.3 is 5.97 Å². The lowest BCUT2D eigenvalue weighted by Crippen LogP contribution is -2.29. The molecule has 0 radical (unpaired) electrons. The van der Waals surface area contributed by atoms with Crippen LogP contribution in [-0.2, 0) is 9.53 Å². The van der Waals surface area contributed by atoms with E-state index >= 15 is 0 Å². The van der Waals surface area contributed by atoms with Gasteiger partial charge in [0.2, 0.25) is 5.91 Å². The summed E-state index contributed by atoms with van der Waals surface area (Å²) in [7, 11) is 1.32. The van der Waals surface area contributed by atoms with Crippen LogP contribution in [0.2, 0.25) is 0 Å². The van der Waals surface area contributed by atoms with Crippen molar-refractivity contribution in [1.29, 1.82) is 0 Å². The summed E-state index contributed by atoms with van der Waals surface area (Å²) in [6.07, 6.45) is 0. The van der Waals surface area contributed by atoms with E-state index in [0.717, 1.165) is 5.56 Å². The SMILES string of the molecule is COC(=O)c1c(NC(=O)C(C)(C)C)ccc2c1OCC1C2C1(Br)Br. The topological polar surface area (TPSA) is 64.6 Å². The molecule has 5 nitrogen and oxygen atoms in total. The van der Waals surface area contributed by atoms with Gasteiger partial charge in [0.25, 0.3) is 0 Å². The van der Waals surface area contributed by atoms with Gasteiger partial charge in [0.1, 0.15) is 11.3 Å². The van der Waals surface area contributed by atoms with E-state index in [1.165, 1.54) is 7.11 Å². The molecule has 130 valence electrons. The minimum atomic E-state index is -0.577. The molecular weight excluding hydrogens is 442 g/mol. The Kier molecular flexibility index (Phi) is 4.23. The third-order valence-corrected chi connectivity index (χ3v) is 6.61. The Morgan fingerprint density at radius 2 is 2.00 bits per heavy atom.